The fourth-order valence-electron chi connectivity index (χ4n) is 0.861. The summed E-state index contributed by atoms with van der Waals surface area (Å²) in [5.41, 5.74) is -0.871. The van der Waals surface area contributed by atoms with Gasteiger partial charge in [-0.3, -0.25) is 10.1 Å². The van der Waals surface area contributed by atoms with Crippen molar-refractivity contribution in [2.75, 3.05) is 0 Å². The number of hydrogen-bond acceptors (Lipinski definition) is 2. The van der Waals surface area contributed by atoms with E-state index in [1.807, 2.05) is 0 Å². The molecule has 0 atom stereocenters. The maximum absolute atomic E-state index is 12.3. The van der Waals surface area contributed by atoms with Gasteiger partial charge in [-0.25, -0.2) is 8.78 Å². The van der Waals surface area contributed by atoms with E-state index in [0.29, 0.717) is 0 Å². The first-order valence-electron chi connectivity index (χ1n) is 3.35. The van der Waals surface area contributed by atoms with E-state index >= 15 is 0 Å². The lowest BCUT2D eigenvalue weighted by Gasteiger charge is -2.03. The molecule has 0 spiro atoms. The zero-order valence-corrected chi connectivity index (χ0v) is 9.42. The van der Waals surface area contributed by atoms with Gasteiger partial charge in [0, 0.05) is 15.2 Å². The van der Waals surface area contributed by atoms with Gasteiger partial charge >= 0.3 is 0 Å². The molecule has 0 fully saturated rings. The summed E-state index contributed by atoms with van der Waals surface area (Å²) in [4.78, 5) is 9.59. The Labute approximate surface area is 96.3 Å². The molecular weight excluding hydrogens is 330 g/mol. The largest absolute Gasteiger partial charge is 0.288 e. The van der Waals surface area contributed by atoms with Crippen molar-refractivity contribution in [3.8, 4) is 0 Å². The number of halogens is 4. The van der Waals surface area contributed by atoms with Crippen LogP contribution in [-0.2, 0) is 0 Å². The van der Waals surface area contributed by atoms with E-state index < -0.39 is 17.0 Å². The van der Waals surface area contributed by atoms with Gasteiger partial charge in [-0.1, -0.05) is 11.6 Å². The summed E-state index contributed by atoms with van der Waals surface area (Å²) in [7, 11) is 0. The van der Waals surface area contributed by atoms with E-state index in [-0.39, 0.29) is 14.2 Å². The lowest BCUT2D eigenvalue weighted by Crippen LogP contribution is -1.95. The maximum Gasteiger partial charge on any atom is 0.288 e. The van der Waals surface area contributed by atoms with Crippen molar-refractivity contribution in [3.05, 3.63) is 36.4 Å². The molecule has 0 saturated carbocycles. The van der Waals surface area contributed by atoms with E-state index in [1.165, 1.54) is 0 Å². The molecule has 0 aliphatic rings. The number of nitro benzene ring substituents is 1. The highest BCUT2D eigenvalue weighted by atomic mass is 127. The van der Waals surface area contributed by atoms with Gasteiger partial charge in [-0.05, 0) is 28.7 Å². The second-order valence-corrected chi connectivity index (χ2v) is 3.95. The fourth-order valence-corrected chi connectivity index (χ4v) is 1.98. The summed E-state index contributed by atoms with van der Waals surface area (Å²) in [5, 5.41) is 10.2. The van der Waals surface area contributed by atoms with Crippen LogP contribution in [0, 0.1) is 13.7 Å². The van der Waals surface area contributed by atoms with Crippen LogP contribution in [0.3, 0.4) is 0 Å². The van der Waals surface area contributed by atoms with Gasteiger partial charge in [0.1, 0.15) is 5.02 Å². The zero-order valence-electron chi connectivity index (χ0n) is 6.51. The Bertz CT molecular complexity index is 386. The minimum Gasteiger partial charge on any atom is -0.258 e. The van der Waals surface area contributed by atoms with Gasteiger partial charge < -0.3 is 0 Å². The Hall–Kier alpha value is -0.500. The van der Waals surface area contributed by atoms with Crippen LogP contribution in [0.1, 0.15) is 12.0 Å². The van der Waals surface area contributed by atoms with Crippen LogP contribution >= 0.6 is 34.2 Å². The van der Waals surface area contributed by atoms with Crippen molar-refractivity contribution >= 4 is 39.9 Å². The van der Waals surface area contributed by atoms with Crippen molar-refractivity contribution in [1.29, 1.82) is 0 Å². The van der Waals surface area contributed by atoms with E-state index in [2.05, 4.69) is 0 Å². The van der Waals surface area contributed by atoms with Crippen LogP contribution in [0.5, 0.6) is 0 Å². The Morgan fingerprint density at radius 2 is 2.07 bits per heavy atom. The zero-order chi connectivity index (χ0) is 10.9. The minimum absolute atomic E-state index is 0.135. The third kappa shape index (κ3) is 2.30. The number of nitrogens with zero attached hydrogens (tertiary/aromatic N) is 1. The van der Waals surface area contributed by atoms with E-state index in [1.54, 1.807) is 22.6 Å². The van der Waals surface area contributed by atoms with Gasteiger partial charge in [0.2, 0.25) is 0 Å². The number of nitro groups is 1. The van der Waals surface area contributed by atoms with E-state index in [9.17, 15) is 18.9 Å². The van der Waals surface area contributed by atoms with Crippen LogP contribution < -0.4 is 0 Å². The first-order valence-corrected chi connectivity index (χ1v) is 4.80. The monoisotopic (exact) mass is 333 g/mol. The second kappa shape index (κ2) is 4.35. The molecule has 14 heavy (non-hydrogen) atoms. The Balaban J connectivity index is 3.34. The van der Waals surface area contributed by atoms with Crippen molar-refractivity contribution < 1.29 is 13.7 Å². The summed E-state index contributed by atoms with van der Waals surface area (Å²) in [6.45, 7) is 0. The summed E-state index contributed by atoms with van der Waals surface area (Å²) in [5.74, 6) is 0. The van der Waals surface area contributed by atoms with Crippen LogP contribution in [0.25, 0.3) is 0 Å². The van der Waals surface area contributed by atoms with Gasteiger partial charge in [0.15, 0.2) is 0 Å². The molecule has 0 aromatic heterocycles. The Morgan fingerprint density at radius 3 is 2.50 bits per heavy atom. The average Bonchev–Trinajstić information content (AvgIpc) is 2.02. The highest BCUT2D eigenvalue weighted by Gasteiger charge is 2.20. The van der Waals surface area contributed by atoms with Gasteiger partial charge in [-0.15, -0.1) is 0 Å². The molecule has 1 aromatic rings. The SMILES string of the molecule is O=[N+]([O-])c1cc(C(F)F)c(I)cc1Cl. The standard InChI is InChI=1S/C7H3ClF2INO2/c8-4-2-5(11)3(7(9)10)1-6(4)12(13)14/h1-2,7H. The number of rotatable bonds is 2. The summed E-state index contributed by atoms with van der Waals surface area (Å²) >= 11 is 7.16. The Morgan fingerprint density at radius 1 is 1.50 bits per heavy atom. The lowest BCUT2D eigenvalue weighted by atomic mass is 10.2. The predicted octanol–water partition coefficient (Wildman–Crippen LogP) is 3.79. The normalized spacial score (nSPS) is 10.6. The summed E-state index contributed by atoms with van der Waals surface area (Å²) in [6.07, 6.45) is -2.74. The lowest BCUT2D eigenvalue weighted by molar-refractivity contribution is -0.384. The molecular formula is C7H3ClF2INO2. The molecule has 1 rings (SSSR count). The topological polar surface area (TPSA) is 43.1 Å². The molecule has 0 amide bonds. The quantitative estimate of drug-likeness (QED) is 0.469. The van der Waals surface area contributed by atoms with Crippen LogP contribution in [-0.4, -0.2) is 4.92 Å². The third-order valence-electron chi connectivity index (χ3n) is 1.50. The fraction of sp³-hybridized carbons (Fsp3) is 0.143. The van der Waals surface area contributed by atoms with Crippen LogP contribution in [0.4, 0.5) is 14.5 Å². The van der Waals surface area contributed by atoms with Crippen LogP contribution in [0.2, 0.25) is 5.02 Å². The van der Waals surface area contributed by atoms with E-state index in [0.717, 1.165) is 12.1 Å². The second-order valence-electron chi connectivity index (χ2n) is 2.38. The molecule has 0 aliphatic carbocycles. The number of hydrogen-bond donors (Lipinski definition) is 0. The molecule has 1 aromatic carbocycles. The highest BCUT2D eigenvalue weighted by Crippen LogP contribution is 2.33. The van der Waals surface area contributed by atoms with Gasteiger partial charge in [0.05, 0.1) is 4.92 Å². The predicted molar refractivity (Wildman–Crippen MR) is 55.8 cm³/mol. The first-order chi connectivity index (χ1) is 6.43. The molecule has 0 saturated heterocycles. The van der Waals surface area contributed by atoms with Crippen LogP contribution in [0.15, 0.2) is 12.1 Å². The van der Waals surface area contributed by atoms with Gasteiger partial charge in [0.25, 0.3) is 12.1 Å². The summed E-state index contributed by atoms with van der Waals surface area (Å²) in [6, 6.07) is 1.95. The highest BCUT2D eigenvalue weighted by molar-refractivity contribution is 14.1. The van der Waals surface area contributed by atoms with Crippen molar-refractivity contribution in [2.45, 2.75) is 6.43 Å². The van der Waals surface area contributed by atoms with Crippen molar-refractivity contribution in [2.24, 2.45) is 0 Å². The molecule has 0 aliphatic heterocycles. The number of alkyl halides is 2. The third-order valence-corrected chi connectivity index (χ3v) is 2.73. The molecule has 0 heterocycles. The van der Waals surface area contributed by atoms with E-state index in [4.69, 9.17) is 11.6 Å². The first kappa shape index (κ1) is 11.6. The van der Waals surface area contributed by atoms with Crippen molar-refractivity contribution in [3.63, 3.8) is 0 Å². The number of benzene rings is 1. The minimum atomic E-state index is -2.74. The van der Waals surface area contributed by atoms with Gasteiger partial charge in [-0.2, -0.15) is 0 Å². The maximum atomic E-state index is 12.3. The molecule has 3 nitrogen and oxygen atoms in total. The molecule has 76 valence electrons. The molecule has 7 heteroatoms. The smallest absolute Gasteiger partial charge is 0.258 e. The molecule has 0 unspecified atom stereocenters. The molecule has 0 bridgehead atoms. The average molecular weight is 333 g/mol. The Kier molecular flexibility index (Phi) is 3.59. The van der Waals surface area contributed by atoms with Crippen molar-refractivity contribution in [1.82, 2.24) is 0 Å². The summed E-state index contributed by atoms with van der Waals surface area (Å²) < 4.78 is 24.9. The molecule has 0 N–H and O–H groups in total. The molecule has 0 radical (unpaired) electrons.